The van der Waals surface area contributed by atoms with Gasteiger partial charge in [-0.05, 0) is 18.6 Å². The van der Waals surface area contributed by atoms with E-state index in [1.54, 1.807) is 14.2 Å². The Labute approximate surface area is 116 Å². The van der Waals surface area contributed by atoms with Crippen molar-refractivity contribution < 1.29 is 9.47 Å². The average molecular weight is 279 g/mol. The predicted octanol–water partition coefficient (Wildman–Crippen LogP) is 3.04. The van der Waals surface area contributed by atoms with Gasteiger partial charge in [0.25, 0.3) is 0 Å². The minimum atomic E-state index is 0.684. The van der Waals surface area contributed by atoms with E-state index in [1.165, 1.54) is 11.3 Å². The normalized spacial score (nSPS) is 10.3. The van der Waals surface area contributed by atoms with Gasteiger partial charge in [-0.1, -0.05) is 24.3 Å². The first-order valence-electron chi connectivity index (χ1n) is 6.08. The van der Waals surface area contributed by atoms with Gasteiger partial charge in [0, 0.05) is 6.54 Å². The van der Waals surface area contributed by atoms with Gasteiger partial charge in [-0.3, -0.25) is 0 Å². The van der Waals surface area contributed by atoms with Crippen LogP contribution < -0.4 is 14.8 Å². The van der Waals surface area contributed by atoms with Crippen molar-refractivity contribution in [1.82, 2.24) is 10.2 Å². The van der Waals surface area contributed by atoms with Crippen molar-refractivity contribution in [1.29, 1.82) is 0 Å². The molecule has 102 valence electrons. The van der Waals surface area contributed by atoms with Gasteiger partial charge in [0.1, 0.15) is 0 Å². The quantitative estimate of drug-likeness (QED) is 0.880. The zero-order valence-corrected chi connectivity index (χ0v) is 12.1. The highest BCUT2D eigenvalue weighted by Crippen LogP contribution is 2.39. The first-order valence-corrected chi connectivity index (χ1v) is 6.90. The van der Waals surface area contributed by atoms with Crippen molar-refractivity contribution in [3.63, 3.8) is 0 Å². The summed E-state index contributed by atoms with van der Waals surface area (Å²) >= 11 is 1.51. The van der Waals surface area contributed by atoms with Crippen molar-refractivity contribution in [2.24, 2.45) is 0 Å². The van der Waals surface area contributed by atoms with Gasteiger partial charge in [0.15, 0.2) is 16.5 Å². The summed E-state index contributed by atoms with van der Waals surface area (Å²) in [5, 5.41) is 13.2. The molecule has 0 spiro atoms. The van der Waals surface area contributed by atoms with Gasteiger partial charge in [0.05, 0.1) is 19.8 Å². The number of nitrogens with zero attached hydrogens (tertiary/aromatic N) is 2. The molecular weight excluding hydrogens is 262 g/mol. The molecule has 6 heteroatoms. The van der Waals surface area contributed by atoms with Crippen LogP contribution in [-0.2, 0) is 0 Å². The summed E-state index contributed by atoms with van der Waals surface area (Å²) in [6.45, 7) is 3.00. The van der Waals surface area contributed by atoms with Crippen LogP contribution in [0.25, 0.3) is 10.6 Å². The number of para-hydroxylation sites is 1. The van der Waals surface area contributed by atoms with Gasteiger partial charge in [-0.2, -0.15) is 0 Å². The Hall–Kier alpha value is -1.82. The minimum absolute atomic E-state index is 0.684. The molecule has 0 radical (unpaired) electrons. The molecule has 1 heterocycles. The molecule has 19 heavy (non-hydrogen) atoms. The Morgan fingerprint density at radius 1 is 1.21 bits per heavy atom. The molecule has 0 fully saturated rings. The van der Waals surface area contributed by atoms with E-state index in [4.69, 9.17) is 9.47 Å². The number of anilines is 1. The second kappa shape index (κ2) is 6.38. The summed E-state index contributed by atoms with van der Waals surface area (Å²) in [5.41, 5.74) is 0.892. The lowest BCUT2D eigenvalue weighted by Crippen LogP contribution is -1.98. The summed E-state index contributed by atoms with van der Waals surface area (Å²) in [6.07, 6.45) is 1.05. The van der Waals surface area contributed by atoms with E-state index in [9.17, 15) is 0 Å². The number of rotatable bonds is 6. The molecule has 0 saturated heterocycles. The summed E-state index contributed by atoms with van der Waals surface area (Å²) in [4.78, 5) is 0. The number of methoxy groups -OCH3 is 2. The molecule has 2 aromatic rings. The number of benzene rings is 1. The highest BCUT2D eigenvalue weighted by atomic mass is 32.1. The van der Waals surface area contributed by atoms with Gasteiger partial charge in [0.2, 0.25) is 5.13 Å². The van der Waals surface area contributed by atoms with Crippen LogP contribution >= 0.6 is 11.3 Å². The van der Waals surface area contributed by atoms with Crippen molar-refractivity contribution in [2.45, 2.75) is 13.3 Å². The topological polar surface area (TPSA) is 56.3 Å². The molecule has 5 nitrogen and oxygen atoms in total. The first kappa shape index (κ1) is 13.6. The van der Waals surface area contributed by atoms with Crippen LogP contribution in [0.1, 0.15) is 13.3 Å². The van der Waals surface area contributed by atoms with Gasteiger partial charge < -0.3 is 14.8 Å². The molecule has 0 bridgehead atoms. The lowest BCUT2D eigenvalue weighted by Gasteiger charge is -2.10. The van der Waals surface area contributed by atoms with Crippen molar-refractivity contribution in [3.05, 3.63) is 18.2 Å². The third-order valence-electron chi connectivity index (χ3n) is 2.58. The molecule has 0 aliphatic rings. The number of hydrogen-bond acceptors (Lipinski definition) is 6. The van der Waals surface area contributed by atoms with E-state index < -0.39 is 0 Å². The number of ether oxygens (including phenoxy) is 2. The molecule has 0 aliphatic heterocycles. The van der Waals surface area contributed by atoms with Crippen LogP contribution in [-0.4, -0.2) is 31.0 Å². The lowest BCUT2D eigenvalue weighted by atomic mass is 10.2. The lowest BCUT2D eigenvalue weighted by molar-refractivity contribution is 0.356. The summed E-state index contributed by atoms with van der Waals surface area (Å²) in [5.74, 6) is 1.38. The fraction of sp³-hybridized carbons (Fsp3) is 0.385. The van der Waals surface area contributed by atoms with Crippen LogP contribution in [0, 0.1) is 0 Å². The SMILES string of the molecule is CCCNc1nnc(-c2cccc(OC)c2OC)s1. The van der Waals surface area contributed by atoms with Crippen LogP contribution in [0.5, 0.6) is 11.5 Å². The van der Waals surface area contributed by atoms with E-state index in [-0.39, 0.29) is 0 Å². The Bertz CT molecular complexity index is 542. The van der Waals surface area contributed by atoms with Crippen LogP contribution in [0.15, 0.2) is 18.2 Å². The number of hydrogen-bond donors (Lipinski definition) is 1. The van der Waals surface area contributed by atoms with Crippen LogP contribution in [0.3, 0.4) is 0 Å². The largest absolute Gasteiger partial charge is 0.493 e. The molecule has 2 rings (SSSR count). The maximum absolute atomic E-state index is 5.41. The van der Waals surface area contributed by atoms with E-state index in [0.717, 1.165) is 28.7 Å². The molecule has 0 amide bonds. The molecule has 1 aromatic carbocycles. The molecular formula is C13H17N3O2S. The van der Waals surface area contributed by atoms with Gasteiger partial charge >= 0.3 is 0 Å². The van der Waals surface area contributed by atoms with Crippen LogP contribution in [0.2, 0.25) is 0 Å². The molecule has 0 atom stereocenters. The van der Waals surface area contributed by atoms with Crippen molar-refractivity contribution in [3.8, 4) is 22.1 Å². The van der Waals surface area contributed by atoms with E-state index in [2.05, 4.69) is 22.4 Å². The van der Waals surface area contributed by atoms with Crippen molar-refractivity contribution >= 4 is 16.5 Å². The number of nitrogens with one attached hydrogen (secondary N) is 1. The maximum Gasteiger partial charge on any atom is 0.206 e. The second-order valence-corrected chi connectivity index (χ2v) is 4.86. The zero-order valence-electron chi connectivity index (χ0n) is 11.3. The average Bonchev–Trinajstić information content (AvgIpc) is 2.92. The third-order valence-corrected chi connectivity index (χ3v) is 3.50. The molecule has 1 N–H and O–H groups in total. The van der Waals surface area contributed by atoms with Crippen LogP contribution in [0.4, 0.5) is 5.13 Å². The molecule has 0 unspecified atom stereocenters. The molecule has 1 aromatic heterocycles. The monoisotopic (exact) mass is 279 g/mol. The highest BCUT2D eigenvalue weighted by Gasteiger charge is 2.15. The third kappa shape index (κ3) is 2.96. The van der Waals surface area contributed by atoms with Gasteiger partial charge in [-0.25, -0.2) is 0 Å². The Kier molecular flexibility index (Phi) is 4.57. The fourth-order valence-corrected chi connectivity index (χ4v) is 2.48. The Balaban J connectivity index is 2.33. The molecule has 0 saturated carbocycles. The second-order valence-electron chi connectivity index (χ2n) is 3.88. The number of aromatic nitrogens is 2. The summed E-state index contributed by atoms with van der Waals surface area (Å²) in [7, 11) is 3.24. The zero-order chi connectivity index (χ0) is 13.7. The molecule has 0 aliphatic carbocycles. The Morgan fingerprint density at radius 3 is 2.74 bits per heavy atom. The fourth-order valence-electron chi connectivity index (χ4n) is 1.69. The summed E-state index contributed by atoms with van der Waals surface area (Å²) < 4.78 is 10.7. The Morgan fingerprint density at radius 2 is 2.05 bits per heavy atom. The first-order chi connectivity index (χ1) is 9.30. The predicted molar refractivity (Wildman–Crippen MR) is 77.2 cm³/mol. The van der Waals surface area contributed by atoms with Gasteiger partial charge in [-0.15, -0.1) is 10.2 Å². The van der Waals surface area contributed by atoms with E-state index >= 15 is 0 Å². The standard InChI is InChI=1S/C13H17N3O2S/c1-4-8-14-13-16-15-12(19-13)9-6-5-7-10(17-2)11(9)18-3/h5-7H,4,8H2,1-3H3,(H,14,16). The summed E-state index contributed by atoms with van der Waals surface area (Å²) in [6, 6.07) is 5.72. The highest BCUT2D eigenvalue weighted by molar-refractivity contribution is 7.18. The smallest absolute Gasteiger partial charge is 0.206 e. The van der Waals surface area contributed by atoms with E-state index in [1.807, 2.05) is 18.2 Å². The minimum Gasteiger partial charge on any atom is -0.493 e. The maximum atomic E-state index is 5.41. The van der Waals surface area contributed by atoms with E-state index in [0.29, 0.717) is 11.5 Å². The van der Waals surface area contributed by atoms with Crippen molar-refractivity contribution in [2.75, 3.05) is 26.1 Å².